The smallest absolute Gasteiger partial charge is 0.493 e. The van der Waals surface area contributed by atoms with Crippen LogP contribution in [0.25, 0.3) is 0 Å². The fraction of sp³-hybridized carbons (Fsp3) is 0.417. The van der Waals surface area contributed by atoms with E-state index in [4.69, 9.17) is 23.7 Å². The summed E-state index contributed by atoms with van der Waals surface area (Å²) in [7, 11) is 1.60. The number of hydrogen-bond acceptors (Lipinski definition) is 7. The summed E-state index contributed by atoms with van der Waals surface area (Å²) in [5, 5.41) is 0. The van der Waals surface area contributed by atoms with Crippen LogP contribution in [-0.4, -0.2) is 56.2 Å². The van der Waals surface area contributed by atoms with Gasteiger partial charge in [0.05, 0.1) is 12.5 Å². The molecule has 170 valence electrons. The summed E-state index contributed by atoms with van der Waals surface area (Å²) in [6.45, 7) is 8.26. The lowest BCUT2D eigenvalue weighted by Crippen LogP contribution is -2.44. The summed E-state index contributed by atoms with van der Waals surface area (Å²) in [5.41, 5.74) is 1.54. The molecule has 0 fully saturated rings. The average molecular weight is 441 g/mol. The van der Waals surface area contributed by atoms with Gasteiger partial charge in [0, 0.05) is 25.1 Å². The van der Waals surface area contributed by atoms with Gasteiger partial charge in [-0.1, -0.05) is 37.5 Å². The molecule has 1 spiro atoms. The second kappa shape index (κ2) is 8.98. The van der Waals surface area contributed by atoms with E-state index in [0.717, 1.165) is 11.1 Å². The number of benzene rings is 1. The third kappa shape index (κ3) is 3.81. The number of hydrogen-bond donors (Lipinski definition) is 0. The van der Waals surface area contributed by atoms with E-state index in [1.54, 1.807) is 18.1 Å². The van der Waals surface area contributed by atoms with Crippen LogP contribution in [0, 0.1) is 0 Å². The van der Waals surface area contributed by atoms with E-state index < -0.39 is 17.7 Å². The van der Waals surface area contributed by atoms with Crippen molar-refractivity contribution in [1.29, 1.82) is 0 Å². The first-order valence-corrected chi connectivity index (χ1v) is 10.6. The quantitative estimate of drug-likeness (QED) is 0.489. The van der Waals surface area contributed by atoms with Crippen molar-refractivity contribution in [1.82, 2.24) is 4.90 Å². The number of nitrogens with zero attached hydrogens (tertiary/aromatic N) is 1. The van der Waals surface area contributed by atoms with Crippen molar-refractivity contribution in [2.75, 3.05) is 26.9 Å². The Hall–Kier alpha value is -3.42. The van der Waals surface area contributed by atoms with E-state index >= 15 is 0 Å². The van der Waals surface area contributed by atoms with Crippen LogP contribution in [-0.2, 0) is 26.2 Å². The molecule has 1 aromatic rings. The number of carbonyl (C=O) groups is 2. The summed E-state index contributed by atoms with van der Waals surface area (Å²) in [4.78, 5) is 26.2. The standard InChI is InChI=1S/C24H27NO7/c1-4-12-29-22(26)25-11-10-24-9-8-17(31-23(27)30-13-5-2)14-19(24)32-21-18(28-3)7-6-16(15-25)20(21)24/h4-9,17,19H,1-2,10-15H2,3H3/t17-,19-,24-/m0/s1. The van der Waals surface area contributed by atoms with Gasteiger partial charge in [0.25, 0.3) is 0 Å². The van der Waals surface area contributed by atoms with Gasteiger partial charge in [0.1, 0.15) is 25.4 Å². The van der Waals surface area contributed by atoms with E-state index in [2.05, 4.69) is 13.2 Å². The average Bonchev–Trinajstić information content (AvgIpc) is 3.03. The molecule has 1 aliphatic carbocycles. The largest absolute Gasteiger partial charge is 0.509 e. The summed E-state index contributed by atoms with van der Waals surface area (Å²) < 4.78 is 27.6. The van der Waals surface area contributed by atoms with Crippen LogP contribution in [0.2, 0.25) is 0 Å². The number of amides is 1. The molecule has 8 nitrogen and oxygen atoms in total. The molecule has 0 aromatic heterocycles. The summed E-state index contributed by atoms with van der Waals surface area (Å²) in [5.74, 6) is 1.31. The second-order valence-electron chi connectivity index (χ2n) is 7.92. The third-order valence-electron chi connectivity index (χ3n) is 6.09. The summed E-state index contributed by atoms with van der Waals surface area (Å²) >= 11 is 0. The second-order valence-corrected chi connectivity index (χ2v) is 7.92. The van der Waals surface area contributed by atoms with Crippen molar-refractivity contribution in [3.8, 4) is 11.5 Å². The Morgan fingerprint density at radius 3 is 2.78 bits per heavy atom. The maximum absolute atomic E-state index is 12.6. The SMILES string of the molecule is C=CCOC(=O)O[C@H]1C=C[C@@]23CCN(C(=O)OCC=C)Cc4ccc(OC)c(c42)O[C@H]3C1. The molecule has 2 aliphatic heterocycles. The highest BCUT2D eigenvalue weighted by molar-refractivity contribution is 5.69. The van der Waals surface area contributed by atoms with Gasteiger partial charge in [-0.2, -0.15) is 0 Å². The molecular weight excluding hydrogens is 414 g/mol. The Bertz CT molecular complexity index is 956. The van der Waals surface area contributed by atoms with E-state index in [-0.39, 0.29) is 25.4 Å². The van der Waals surface area contributed by atoms with Crippen LogP contribution < -0.4 is 9.47 Å². The van der Waals surface area contributed by atoms with Crippen molar-refractivity contribution in [3.63, 3.8) is 0 Å². The Kier molecular flexibility index (Phi) is 6.12. The minimum absolute atomic E-state index is 0.0862. The van der Waals surface area contributed by atoms with Crippen molar-refractivity contribution in [2.24, 2.45) is 0 Å². The lowest BCUT2D eigenvalue weighted by Gasteiger charge is -2.36. The molecule has 0 N–H and O–H groups in total. The van der Waals surface area contributed by atoms with Gasteiger partial charge in [0.2, 0.25) is 0 Å². The van der Waals surface area contributed by atoms with Gasteiger partial charge in [0.15, 0.2) is 11.5 Å². The molecule has 0 saturated heterocycles. The molecule has 0 radical (unpaired) electrons. The fourth-order valence-electron chi connectivity index (χ4n) is 4.67. The number of methoxy groups -OCH3 is 1. The van der Waals surface area contributed by atoms with Crippen molar-refractivity contribution in [3.05, 3.63) is 60.7 Å². The lowest BCUT2D eigenvalue weighted by molar-refractivity contribution is 0.0178. The highest BCUT2D eigenvalue weighted by Crippen LogP contribution is 2.56. The molecule has 8 heteroatoms. The summed E-state index contributed by atoms with van der Waals surface area (Å²) in [6.07, 6.45) is 6.15. The molecule has 3 atom stereocenters. The van der Waals surface area contributed by atoms with E-state index in [9.17, 15) is 9.59 Å². The van der Waals surface area contributed by atoms with Crippen LogP contribution in [0.1, 0.15) is 24.0 Å². The fourth-order valence-corrected chi connectivity index (χ4v) is 4.67. The lowest BCUT2D eigenvalue weighted by atomic mass is 9.69. The topological polar surface area (TPSA) is 83.5 Å². The predicted molar refractivity (Wildman–Crippen MR) is 116 cm³/mol. The van der Waals surface area contributed by atoms with Crippen LogP contribution >= 0.6 is 0 Å². The molecule has 2 heterocycles. The van der Waals surface area contributed by atoms with Crippen molar-refractivity contribution in [2.45, 2.75) is 37.0 Å². The van der Waals surface area contributed by atoms with Crippen LogP contribution in [0.3, 0.4) is 0 Å². The van der Waals surface area contributed by atoms with Crippen LogP contribution in [0.5, 0.6) is 11.5 Å². The van der Waals surface area contributed by atoms with E-state index in [1.165, 1.54) is 6.08 Å². The van der Waals surface area contributed by atoms with Crippen molar-refractivity contribution < 1.29 is 33.3 Å². The van der Waals surface area contributed by atoms with E-state index in [1.807, 2.05) is 24.3 Å². The van der Waals surface area contributed by atoms with Gasteiger partial charge in [-0.05, 0) is 24.1 Å². The number of carbonyl (C=O) groups excluding carboxylic acids is 2. The Morgan fingerprint density at radius 2 is 2.03 bits per heavy atom. The summed E-state index contributed by atoms with van der Waals surface area (Å²) in [6, 6.07) is 3.81. The Labute approximate surface area is 187 Å². The Morgan fingerprint density at radius 1 is 1.25 bits per heavy atom. The van der Waals surface area contributed by atoms with Gasteiger partial charge in [-0.3, -0.25) is 0 Å². The Balaban J connectivity index is 1.64. The first-order chi connectivity index (χ1) is 15.5. The predicted octanol–water partition coefficient (Wildman–Crippen LogP) is 3.89. The molecule has 0 unspecified atom stereocenters. The zero-order chi connectivity index (χ0) is 22.7. The van der Waals surface area contributed by atoms with Gasteiger partial charge >= 0.3 is 12.2 Å². The highest BCUT2D eigenvalue weighted by atomic mass is 16.7. The minimum Gasteiger partial charge on any atom is -0.493 e. The molecule has 32 heavy (non-hydrogen) atoms. The van der Waals surface area contributed by atoms with Gasteiger partial charge in [-0.25, -0.2) is 9.59 Å². The molecule has 0 saturated carbocycles. The highest BCUT2D eigenvalue weighted by Gasteiger charge is 2.53. The maximum atomic E-state index is 12.6. The third-order valence-corrected chi connectivity index (χ3v) is 6.09. The molecule has 0 bridgehead atoms. The number of ether oxygens (including phenoxy) is 5. The normalized spacial score (nSPS) is 24.8. The van der Waals surface area contributed by atoms with Crippen LogP contribution in [0.4, 0.5) is 9.59 Å². The monoisotopic (exact) mass is 441 g/mol. The first kappa shape index (κ1) is 21.8. The van der Waals surface area contributed by atoms with Gasteiger partial charge < -0.3 is 28.6 Å². The maximum Gasteiger partial charge on any atom is 0.509 e. The molecule has 3 aliphatic rings. The first-order valence-electron chi connectivity index (χ1n) is 10.6. The molecule has 1 aromatic carbocycles. The molecule has 4 rings (SSSR count). The zero-order valence-electron chi connectivity index (χ0n) is 18.1. The molecule has 1 amide bonds. The van der Waals surface area contributed by atoms with Gasteiger partial charge in [-0.15, -0.1) is 0 Å². The molecular formula is C24H27NO7. The number of rotatable bonds is 6. The van der Waals surface area contributed by atoms with Crippen molar-refractivity contribution >= 4 is 12.2 Å². The van der Waals surface area contributed by atoms with Crippen LogP contribution in [0.15, 0.2) is 49.6 Å². The minimum atomic E-state index is -0.749. The van der Waals surface area contributed by atoms with E-state index in [0.29, 0.717) is 37.4 Å². The zero-order valence-corrected chi connectivity index (χ0v) is 18.1.